The molecule has 0 saturated heterocycles. The summed E-state index contributed by atoms with van der Waals surface area (Å²) in [4.78, 5) is 25.9. The monoisotopic (exact) mass is 347 g/mol. The minimum Gasteiger partial charge on any atom is -0.334 e. The highest BCUT2D eigenvalue weighted by atomic mass is 32.1. The van der Waals surface area contributed by atoms with Gasteiger partial charge in [-0.1, -0.05) is 6.07 Å². The minimum absolute atomic E-state index is 0.0279. The van der Waals surface area contributed by atoms with E-state index in [2.05, 4.69) is 0 Å². The Morgan fingerprint density at radius 3 is 2.42 bits per heavy atom. The number of hydrogen-bond donors (Lipinski definition) is 0. The summed E-state index contributed by atoms with van der Waals surface area (Å²) >= 11 is 1.38. The highest BCUT2D eigenvalue weighted by molar-refractivity contribution is 7.18. The van der Waals surface area contributed by atoms with Crippen LogP contribution in [0.15, 0.2) is 29.2 Å². The predicted octanol–water partition coefficient (Wildman–Crippen LogP) is 4.21. The van der Waals surface area contributed by atoms with Gasteiger partial charge < -0.3 is 4.57 Å². The number of aromatic nitrogens is 1. The number of hydrogen-bond acceptors (Lipinski definition) is 3. The Hall–Kier alpha value is -2.34. The largest absolute Gasteiger partial charge is 0.334 e. The summed E-state index contributed by atoms with van der Waals surface area (Å²) in [5.41, 5.74) is 0.399. The van der Waals surface area contributed by atoms with Gasteiger partial charge in [-0.2, -0.15) is 0 Å². The topological polar surface area (TPSA) is 39.1 Å². The van der Waals surface area contributed by atoms with Crippen LogP contribution in [0, 0.1) is 25.5 Å². The first-order valence-corrected chi connectivity index (χ1v) is 8.20. The summed E-state index contributed by atoms with van der Waals surface area (Å²) in [7, 11) is 0. The molecule has 6 heteroatoms. The van der Waals surface area contributed by atoms with E-state index in [1.165, 1.54) is 42.7 Å². The Labute approximate surface area is 141 Å². The van der Waals surface area contributed by atoms with E-state index in [1.54, 1.807) is 4.57 Å². The summed E-state index contributed by atoms with van der Waals surface area (Å²) < 4.78 is 29.5. The van der Waals surface area contributed by atoms with Gasteiger partial charge in [-0.3, -0.25) is 9.59 Å². The predicted molar refractivity (Wildman–Crippen MR) is 91.0 cm³/mol. The second-order valence-electron chi connectivity index (χ2n) is 5.72. The van der Waals surface area contributed by atoms with Crippen molar-refractivity contribution < 1.29 is 13.6 Å². The molecule has 0 fully saturated rings. The van der Waals surface area contributed by atoms with Gasteiger partial charge in [0.1, 0.15) is 16.5 Å². The van der Waals surface area contributed by atoms with E-state index in [0.717, 1.165) is 10.4 Å². The number of carbonyl (C=O) groups excluding carboxylic acids is 1. The SMILES string of the molecule is CC(=O)c1cn(Cc2c(F)cccc2F)c2sc(C)c(C)c2c1=O. The molecule has 2 heterocycles. The van der Waals surface area contributed by atoms with Crippen molar-refractivity contribution in [1.29, 1.82) is 0 Å². The Bertz CT molecular complexity index is 1010. The number of rotatable bonds is 3. The van der Waals surface area contributed by atoms with Gasteiger partial charge in [0.2, 0.25) is 5.43 Å². The fraction of sp³-hybridized carbons (Fsp3) is 0.222. The van der Waals surface area contributed by atoms with Crippen LogP contribution >= 0.6 is 11.3 Å². The third kappa shape index (κ3) is 2.57. The molecular weight excluding hydrogens is 332 g/mol. The molecule has 2 aromatic heterocycles. The molecule has 124 valence electrons. The van der Waals surface area contributed by atoms with Crippen LogP contribution in [0.2, 0.25) is 0 Å². The fourth-order valence-electron chi connectivity index (χ4n) is 2.71. The molecular formula is C18H15F2NO2S. The quantitative estimate of drug-likeness (QED) is 0.666. The van der Waals surface area contributed by atoms with Crippen molar-refractivity contribution in [2.24, 2.45) is 0 Å². The van der Waals surface area contributed by atoms with Crippen molar-refractivity contribution in [3.05, 3.63) is 67.8 Å². The molecule has 24 heavy (non-hydrogen) atoms. The van der Waals surface area contributed by atoms with Crippen LogP contribution in [-0.4, -0.2) is 10.4 Å². The molecule has 0 unspecified atom stereocenters. The average Bonchev–Trinajstić information content (AvgIpc) is 2.81. The van der Waals surface area contributed by atoms with Crippen molar-refractivity contribution in [2.75, 3.05) is 0 Å². The lowest BCUT2D eigenvalue weighted by molar-refractivity contribution is 0.101. The van der Waals surface area contributed by atoms with Crippen molar-refractivity contribution in [1.82, 2.24) is 4.57 Å². The van der Waals surface area contributed by atoms with Gasteiger partial charge in [0.15, 0.2) is 5.78 Å². The van der Waals surface area contributed by atoms with Gasteiger partial charge in [-0.05, 0) is 38.5 Å². The second kappa shape index (κ2) is 5.94. The Morgan fingerprint density at radius 1 is 1.21 bits per heavy atom. The van der Waals surface area contributed by atoms with Crippen LogP contribution in [0.5, 0.6) is 0 Å². The van der Waals surface area contributed by atoms with E-state index in [0.29, 0.717) is 10.2 Å². The maximum absolute atomic E-state index is 14.0. The first-order chi connectivity index (χ1) is 11.3. The molecule has 0 amide bonds. The van der Waals surface area contributed by atoms with Crippen molar-refractivity contribution >= 4 is 27.3 Å². The first-order valence-electron chi connectivity index (χ1n) is 7.38. The van der Waals surface area contributed by atoms with E-state index in [1.807, 2.05) is 13.8 Å². The zero-order valence-corrected chi connectivity index (χ0v) is 14.3. The fourth-order valence-corrected chi connectivity index (χ4v) is 3.84. The lowest BCUT2D eigenvalue weighted by atomic mass is 10.1. The highest BCUT2D eigenvalue weighted by Gasteiger charge is 2.19. The summed E-state index contributed by atoms with van der Waals surface area (Å²) in [6.45, 7) is 4.91. The molecule has 3 aromatic rings. The molecule has 0 radical (unpaired) electrons. The van der Waals surface area contributed by atoms with Gasteiger partial charge in [-0.15, -0.1) is 11.3 Å². The van der Waals surface area contributed by atoms with Gasteiger partial charge in [0, 0.05) is 16.6 Å². The third-order valence-corrected chi connectivity index (χ3v) is 5.40. The number of ketones is 1. The maximum Gasteiger partial charge on any atom is 0.201 e. The van der Waals surface area contributed by atoms with E-state index in [-0.39, 0.29) is 28.9 Å². The Morgan fingerprint density at radius 2 is 1.83 bits per heavy atom. The maximum atomic E-state index is 14.0. The molecule has 0 bridgehead atoms. The van der Waals surface area contributed by atoms with Crippen LogP contribution in [0.1, 0.15) is 33.3 Å². The second-order valence-corrected chi connectivity index (χ2v) is 6.92. The molecule has 0 saturated carbocycles. The first kappa shape index (κ1) is 16.5. The number of thiophene rings is 1. The standard InChI is InChI=1S/C18H15F2NO2S/c1-9-11(3)24-18-16(9)17(23)12(10(2)22)7-21(18)8-13-14(19)5-4-6-15(13)20/h4-7H,8H2,1-3H3. The number of nitrogens with zero attached hydrogens (tertiary/aromatic N) is 1. The zero-order valence-electron chi connectivity index (χ0n) is 13.4. The summed E-state index contributed by atoms with van der Waals surface area (Å²) in [6.07, 6.45) is 1.40. The molecule has 0 N–H and O–H groups in total. The number of benzene rings is 1. The van der Waals surface area contributed by atoms with Crippen LogP contribution in [-0.2, 0) is 6.54 Å². The third-order valence-electron chi connectivity index (χ3n) is 4.15. The van der Waals surface area contributed by atoms with E-state index >= 15 is 0 Å². The molecule has 0 aliphatic heterocycles. The van der Waals surface area contributed by atoms with Crippen molar-refractivity contribution in [3.8, 4) is 0 Å². The number of Topliss-reactive ketones (excluding diaryl/α,β-unsaturated/α-hetero) is 1. The van der Waals surface area contributed by atoms with Crippen LogP contribution in [0.4, 0.5) is 8.78 Å². The number of fused-ring (bicyclic) bond motifs is 1. The molecule has 0 aliphatic rings. The average molecular weight is 347 g/mol. The molecule has 3 nitrogen and oxygen atoms in total. The molecule has 0 aliphatic carbocycles. The zero-order chi connectivity index (χ0) is 17.6. The van der Waals surface area contributed by atoms with Crippen LogP contribution in [0.3, 0.4) is 0 Å². The van der Waals surface area contributed by atoms with Gasteiger partial charge in [0.25, 0.3) is 0 Å². The van der Waals surface area contributed by atoms with Crippen molar-refractivity contribution in [2.45, 2.75) is 27.3 Å². The lowest BCUT2D eigenvalue weighted by Crippen LogP contribution is -2.18. The lowest BCUT2D eigenvalue weighted by Gasteiger charge is -2.12. The van der Waals surface area contributed by atoms with Gasteiger partial charge in [-0.25, -0.2) is 8.78 Å². The summed E-state index contributed by atoms with van der Waals surface area (Å²) in [5.74, 6) is -1.68. The minimum atomic E-state index is -0.656. The number of pyridine rings is 1. The summed E-state index contributed by atoms with van der Waals surface area (Å²) in [6, 6.07) is 3.68. The smallest absolute Gasteiger partial charge is 0.201 e. The molecule has 0 atom stereocenters. The van der Waals surface area contributed by atoms with E-state index in [9.17, 15) is 18.4 Å². The van der Waals surface area contributed by atoms with Gasteiger partial charge >= 0.3 is 0 Å². The molecule has 3 rings (SSSR count). The Balaban J connectivity index is 2.32. The van der Waals surface area contributed by atoms with Crippen LogP contribution < -0.4 is 5.43 Å². The number of aryl methyl sites for hydroxylation is 2. The number of halogens is 2. The van der Waals surface area contributed by atoms with Crippen molar-refractivity contribution in [3.63, 3.8) is 0 Å². The Kier molecular flexibility index (Phi) is 4.09. The summed E-state index contributed by atoms with van der Waals surface area (Å²) in [5, 5.41) is 0.446. The normalized spacial score (nSPS) is 11.2. The van der Waals surface area contributed by atoms with E-state index in [4.69, 9.17) is 0 Å². The molecule has 1 aromatic carbocycles. The number of carbonyl (C=O) groups is 1. The van der Waals surface area contributed by atoms with Crippen LogP contribution in [0.25, 0.3) is 10.2 Å². The van der Waals surface area contributed by atoms with E-state index < -0.39 is 11.6 Å². The highest BCUT2D eigenvalue weighted by Crippen LogP contribution is 2.29. The molecule has 0 spiro atoms. The van der Waals surface area contributed by atoms with Gasteiger partial charge in [0.05, 0.1) is 17.5 Å².